The molecule has 3 aromatic rings. The van der Waals surface area contributed by atoms with Crippen molar-refractivity contribution in [2.45, 2.75) is 6.54 Å². The molecule has 0 unspecified atom stereocenters. The zero-order valence-corrected chi connectivity index (χ0v) is 13.4. The molecule has 4 rings (SSSR count). The minimum atomic E-state index is 0.761. The van der Waals surface area contributed by atoms with Gasteiger partial charge in [-0.05, 0) is 47.0 Å². The zero-order valence-electron chi connectivity index (χ0n) is 12.6. The normalized spacial score (nSPS) is 13.4. The summed E-state index contributed by atoms with van der Waals surface area (Å²) in [6.07, 6.45) is 2.27. The third kappa shape index (κ3) is 2.76. The molecule has 0 amide bonds. The third-order valence-corrected chi connectivity index (χ3v) is 4.43. The van der Waals surface area contributed by atoms with E-state index in [1.165, 1.54) is 22.4 Å². The first-order valence-corrected chi connectivity index (χ1v) is 8.07. The van der Waals surface area contributed by atoms with Gasteiger partial charge in [0.2, 0.25) is 0 Å². The minimum Gasteiger partial charge on any atom is -0.336 e. The lowest BCUT2D eigenvalue weighted by Gasteiger charge is -2.32. The highest BCUT2D eigenvalue weighted by molar-refractivity contribution is 6.30. The summed E-state index contributed by atoms with van der Waals surface area (Å²) in [6.45, 7) is 0.860. The lowest BCUT2D eigenvalue weighted by Crippen LogP contribution is -2.24. The Balaban J connectivity index is 1.85. The smallest absolute Gasteiger partial charge is 0.0493 e. The molecule has 2 heteroatoms. The van der Waals surface area contributed by atoms with Gasteiger partial charge in [0, 0.05) is 23.0 Å². The Morgan fingerprint density at radius 3 is 2.22 bits per heavy atom. The van der Waals surface area contributed by atoms with Crippen molar-refractivity contribution in [3.05, 3.63) is 101 Å². The second-order valence-corrected chi connectivity index (χ2v) is 6.09. The molecule has 0 aromatic heterocycles. The average molecular weight is 318 g/mol. The van der Waals surface area contributed by atoms with E-state index >= 15 is 0 Å². The molecule has 0 N–H and O–H groups in total. The van der Waals surface area contributed by atoms with Crippen LogP contribution in [0.15, 0.2) is 78.9 Å². The largest absolute Gasteiger partial charge is 0.336 e. The highest BCUT2D eigenvalue weighted by Crippen LogP contribution is 2.35. The van der Waals surface area contributed by atoms with Crippen LogP contribution in [0.5, 0.6) is 0 Å². The van der Waals surface area contributed by atoms with Gasteiger partial charge in [-0.2, -0.15) is 0 Å². The van der Waals surface area contributed by atoms with Gasteiger partial charge in [0.25, 0.3) is 0 Å². The summed E-state index contributed by atoms with van der Waals surface area (Å²) >= 11 is 6.05. The first-order valence-electron chi connectivity index (χ1n) is 7.69. The first kappa shape index (κ1) is 14.1. The molecule has 0 saturated carbocycles. The third-order valence-electron chi connectivity index (χ3n) is 4.17. The lowest BCUT2D eigenvalue weighted by molar-refractivity contribution is 0.969. The molecule has 0 aliphatic carbocycles. The number of halogens is 1. The molecule has 0 saturated heterocycles. The van der Waals surface area contributed by atoms with Crippen LogP contribution in [-0.2, 0) is 6.54 Å². The number of rotatable bonds is 2. The van der Waals surface area contributed by atoms with Crippen LogP contribution in [-0.4, -0.2) is 0 Å². The summed E-state index contributed by atoms with van der Waals surface area (Å²) in [7, 11) is 0. The van der Waals surface area contributed by atoms with E-state index in [2.05, 4.69) is 71.6 Å². The molecule has 23 heavy (non-hydrogen) atoms. The summed E-state index contributed by atoms with van der Waals surface area (Å²) in [5.74, 6) is 0. The molecule has 0 atom stereocenters. The number of benzene rings is 3. The molecule has 0 radical (unpaired) electrons. The average Bonchev–Trinajstić information content (AvgIpc) is 2.62. The number of nitrogens with zero attached hydrogens (tertiary/aromatic N) is 1. The topological polar surface area (TPSA) is 3.24 Å². The standard InChI is InChI=1S/C21H16ClN/c22-19-10-12-20(13-11-19)23-15-18-9-5-4-8-17(18)14-21(23)16-6-2-1-3-7-16/h1-14H,15H2. The fourth-order valence-electron chi connectivity index (χ4n) is 3.00. The van der Waals surface area contributed by atoms with Gasteiger partial charge < -0.3 is 4.90 Å². The maximum atomic E-state index is 6.05. The summed E-state index contributed by atoms with van der Waals surface area (Å²) in [4.78, 5) is 2.34. The van der Waals surface area contributed by atoms with Crippen LogP contribution in [0, 0.1) is 0 Å². The molecule has 1 aliphatic heterocycles. The molecular formula is C21H16ClN. The van der Waals surface area contributed by atoms with Gasteiger partial charge in [0.1, 0.15) is 0 Å². The quantitative estimate of drug-likeness (QED) is 0.572. The van der Waals surface area contributed by atoms with E-state index in [1.807, 2.05) is 18.2 Å². The van der Waals surface area contributed by atoms with Crippen LogP contribution in [0.25, 0.3) is 11.8 Å². The second kappa shape index (κ2) is 5.94. The number of hydrogen-bond donors (Lipinski definition) is 0. The van der Waals surface area contributed by atoms with Gasteiger partial charge in [-0.3, -0.25) is 0 Å². The maximum absolute atomic E-state index is 6.05. The van der Waals surface area contributed by atoms with Crippen LogP contribution >= 0.6 is 11.6 Å². The fourth-order valence-corrected chi connectivity index (χ4v) is 3.13. The predicted octanol–water partition coefficient (Wildman–Crippen LogP) is 5.86. The van der Waals surface area contributed by atoms with E-state index < -0.39 is 0 Å². The van der Waals surface area contributed by atoms with Crippen LogP contribution in [0.4, 0.5) is 5.69 Å². The van der Waals surface area contributed by atoms with Gasteiger partial charge >= 0.3 is 0 Å². The fraction of sp³-hybridized carbons (Fsp3) is 0.0476. The summed E-state index contributed by atoms with van der Waals surface area (Å²) in [5, 5.41) is 0.761. The molecule has 1 heterocycles. The Kier molecular flexibility index (Phi) is 3.64. The molecule has 0 spiro atoms. The van der Waals surface area contributed by atoms with Crippen molar-refractivity contribution in [2.75, 3.05) is 4.90 Å². The van der Waals surface area contributed by atoms with Crippen molar-refractivity contribution in [1.82, 2.24) is 0 Å². The first-order chi connectivity index (χ1) is 11.3. The molecule has 0 fully saturated rings. The predicted molar refractivity (Wildman–Crippen MR) is 98.4 cm³/mol. The van der Waals surface area contributed by atoms with Crippen molar-refractivity contribution in [3.8, 4) is 0 Å². The van der Waals surface area contributed by atoms with E-state index in [4.69, 9.17) is 11.6 Å². The molecule has 1 aliphatic rings. The summed E-state index contributed by atoms with van der Waals surface area (Å²) in [5.41, 5.74) is 6.21. The van der Waals surface area contributed by atoms with Gasteiger partial charge in [-0.15, -0.1) is 0 Å². The Morgan fingerprint density at radius 2 is 1.43 bits per heavy atom. The van der Waals surface area contributed by atoms with Crippen molar-refractivity contribution in [2.24, 2.45) is 0 Å². The van der Waals surface area contributed by atoms with Crippen LogP contribution in [0.2, 0.25) is 5.02 Å². The monoisotopic (exact) mass is 317 g/mol. The highest BCUT2D eigenvalue weighted by Gasteiger charge is 2.20. The van der Waals surface area contributed by atoms with Gasteiger partial charge in [0.15, 0.2) is 0 Å². The van der Waals surface area contributed by atoms with E-state index in [0.717, 1.165) is 17.3 Å². The van der Waals surface area contributed by atoms with Crippen molar-refractivity contribution >= 4 is 29.1 Å². The number of fused-ring (bicyclic) bond motifs is 1. The van der Waals surface area contributed by atoms with Gasteiger partial charge in [-0.25, -0.2) is 0 Å². The van der Waals surface area contributed by atoms with Crippen LogP contribution < -0.4 is 4.90 Å². The van der Waals surface area contributed by atoms with Crippen molar-refractivity contribution in [1.29, 1.82) is 0 Å². The summed E-state index contributed by atoms with van der Waals surface area (Å²) < 4.78 is 0. The van der Waals surface area contributed by atoms with Gasteiger partial charge in [0.05, 0.1) is 0 Å². The lowest BCUT2D eigenvalue weighted by atomic mass is 9.97. The zero-order chi connectivity index (χ0) is 15.6. The maximum Gasteiger partial charge on any atom is 0.0493 e. The van der Waals surface area contributed by atoms with E-state index in [1.54, 1.807) is 0 Å². The Labute approximate surface area is 141 Å². The van der Waals surface area contributed by atoms with Crippen LogP contribution in [0.3, 0.4) is 0 Å². The Morgan fingerprint density at radius 1 is 0.739 bits per heavy atom. The molecule has 112 valence electrons. The second-order valence-electron chi connectivity index (χ2n) is 5.66. The Hall–Kier alpha value is -2.51. The van der Waals surface area contributed by atoms with Crippen molar-refractivity contribution < 1.29 is 0 Å². The van der Waals surface area contributed by atoms with Crippen molar-refractivity contribution in [3.63, 3.8) is 0 Å². The van der Waals surface area contributed by atoms with E-state index in [-0.39, 0.29) is 0 Å². The Bertz CT molecular complexity index is 851. The highest BCUT2D eigenvalue weighted by atomic mass is 35.5. The van der Waals surface area contributed by atoms with E-state index in [0.29, 0.717) is 0 Å². The number of anilines is 1. The SMILES string of the molecule is Clc1ccc(N2Cc3ccccc3C=C2c2ccccc2)cc1. The molecular weight excluding hydrogens is 302 g/mol. The van der Waals surface area contributed by atoms with Crippen LogP contribution in [0.1, 0.15) is 16.7 Å². The van der Waals surface area contributed by atoms with Gasteiger partial charge in [-0.1, -0.05) is 66.2 Å². The molecule has 1 nitrogen and oxygen atoms in total. The molecule has 0 bridgehead atoms. The molecule has 3 aromatic carbocycles. The minimum absolute atomic E-state index is 0.761. The number of hydrogen-bond acceptors (Lipinski definition) is 1. The summed E-state index contributed by atoms with van der Waals surface area (Å²) in [6, 6.07) is 27.1. The van der Waals surface area contributed by atoms with E-state index in [9.17, 15) is 0 Å².